The van der Waals surface area contributed by atoms with Crippen LogP contribution in [-0.4, -0.2) is 43.3 Å². The monoisotopic (exact) mass is 214 g/mol. The Kier molecular flexibility index (Phi) is 5.58. The van der Waals surface area contributed by atoms with Gasteiger partial charge in [0.05, 0.1) is 6.61 Å². The first-order valence-corrected chi connectivity index (χ1v) is 6.21. The molecule has 90 valence electrons. The van der Waals surface area contributed by atoms with Gasteiger partial charge < -0.3 is 10.5 Å². The Morgan fingerprint density at radius 3 is 2.60 bits per heavy atom. The van der Waals surface area contributed by atoms with Gasteiger partial charge in [0.25, 0.3) is 0 Å². The molecule has 0 amide bonds. The smallest absolute Gasteiger partial charge is 0.0615 e. The highest BCUT2D eigenvalue weighted by Gasteiger charge is 2.29. The molecular weight excluding hydrogens is 188 g/mol. The van der Waals surface area contributed by atoms with E-state index in [9.17, 15) is 0 Å². The van der Waals surface area contributed by atoms with Crippen molar-refractivity contribution < 1.29 is 4.74 Å². The highest BCUT2D eigenvalue weighted by atomic mass is 16.5. The molecule has 0 aromatic carbocycles. The van der Waals surface area contributed by atoms with Crippen molar-refractivity contribution in [1.29, 1.82) is 0 Å². The van der Waals surface area contributed by atoms with E-state index in [4.69, 9.17) is 10.5 Å². The van der Waals surface area contributed by atoms with Gasteiger partial charge in [-0.2, -0.15) is 0 Å². The summed E-state index contributed by atoms with van der Waals surface area (Å²) in [6.07, 6.45) is 5.06. The van der Waals surface area contributed by atoms with Crippen molar-refractivity contribution >= 4 is 0 Å². The van der Waals surface area contributed by atoms with Gasteiger partial charge in [0.1, 0.15) is 0 Å². The van der Waals surface area contributed by atoms with Crippen LogP contribution in [0.1, 0.15) is 39.5 Å². The van der Waals surface area contributed by atoms with Crippen LogP contribution in [0.25, 0.3) is 0 Å². The Hall–Kier alpha value is -0.120. The van der Waals surface area contributed by atoms with E-state index in [0.29, 0.717) is 18.1 Å². The van der Waals surface area contributed by atoms with E-state index in [1.807, 2.05) is 0 Å². The summed E-state index contributed by atoms with van der Waals surface area (Å²) >= 11 is 0. The second kappa shape index (κ2) is 6.46. The summed E-state index contributed by atoms with van der Waals surface area (Å²) in [5, 5.41) is 0. The quantitative estimate of drug-likeness (QED) is 0.755. The van der Waals surface area contributed by atoms with Crippen LogP contribution in [0.2, 0.25) is 0 Å². The van der Waals surface area contributed by atoms with Crippen molar-refractivity contribution in [2.75, 3.05) is 20.3 Å². The third-order valence-corrected chi connectivity index (χ3v) is 3.55. The average Bonchev–Trinajstić information content (AvgIpc) is 2.22. The minimum atomic E-state index is 0.359. The zero-order chi connectivity index (χ0) is 11.3. The zero-order valence-electron chi connectivity index (χ0n) is 10.4. The molecule has 15 heavy (non-hydrogen) atoms. The first-order valence-electron chi connectivity index (χ1n) is 6.21. The van der Waals surface area contributed by atoms with Gasteiger partial charge in [0, 0.05) is 25.2 Å². The molecule has 1 aliphatic rings. The van der Waals surface area contributed by atoms with Gasteiger partial charge in [0.15, 0.2) is 0 Å². The van der Waals surface area contributed by atoms with Crippen LogP contribution in [-0.2, 0) is 4.74 Å². The number of hydrogen-bond donors (Lipinski definition) is 1. The molecule has 0 radical (unpaired) electrons. The molecule has 3 atom stereocenters. The van der Waals surface area contributed by atoms with Crippen molar-refractivity contribution in [3.63, 3.8) is 0 Å². The number of likely N-dealkylation sites (N-methyl/N-ethyl adjacent to an activating group) is 1. The van der Waals surface area contributed by atoms with Gasteiger partial charge in [-0.05, 0) is 26.3 Å². The summed E-state index contributed by atoms with van der Waals surface area (Å²) in [6.45, 7) is 6.32. The molecule has 0 bridgehead atoms. The fourth-order valence-corrected chi connectivity index (χ4v) is 2.76. The van der Waals surface area contributed by atoms with Gasteiger partial charge in [-0.25, -0.2) is 0 Å². The van der Waals surface area contributed by atoms with Crippen LogP contribution in [0.4, 0.5) is 0 Å². The number of rotatable bonds is 5. The second-order valence-corrected chi connectivity index (χ2v) is 4.65. The third kappa shape index (κ3) is 3.44. The SMILES string of the molecule is CCN(C(C)COC)C1CCCCC1N. The van der Waals surface area contributed by atoms with E-state index in [0.717, 1.165) is 13.2 Å². The molecule has 1 aliphatic carbocycles. The van der Waals surface area contributed by atoms with Crippen LogP contribution in [0.3, 0.4) is 0 Å². The normalized spacial score (nSPS) is 29.4. The van der Waals surface area contributed by atoms with Crippen molar-refractivity contribution in [3.8, 4) is 0 Å². The summed E-state index contributed by atoms with van der Waals surface area (Å²) < 4.78 is 5.23. The maximum absolute atomic E-state index is 6.21. The maximum Gasteiger partial charge on any atom is 0.0615 e. The summed E-state index contributed by atoms with van der Waals surface area (Å²) in [5.74, 6) is 0. The lowest BCUT2D eigenvalue weighted by Gasteiger charge is -2.41. The van der Waals surface area contributed by atoms with Gasteiger partial charge in [-0.15, -0.1) is 0 Å². The third-order valence-electron chi connectivity index (χ3n) is 3.55. The summed E-state index contributed by atoms with van der Waals surface area (Å²) in [5.41, 5.74) is 6.21. The molecule has 0 aromatic rings. The molecule has 0 aromatic heterocycles. The Labute approximate surface area is 94.0 Å². The average molecular weight is 214 g/mol. The van der Waals surface area contributed by atoms with Crippen LogP contribution in [0.15, 0.2) is 0 Å². The molecule has 2 N–H and O–H groups in total. The minimum absolute atomic E-state index is 0.359. The van der Waals surface area contributed by atoms with Crippen LogP contribution in [0, 0.1) is 0 Å². The molecule has 3 heteroatoms. The number of nitrogens with zero attached hydrogens (tertiary/aromatic N) is 1. The van der Waals surface area contributed by atoms with Crippen molar-refractivity contribution in [2.24, 2.45) is 5.73 Å². The van der Waals surface area contributed by atoms with Crippen LogP contribution in [0.5, 0.6) is 0 Å². The lowest BCUT2D eigenvalue weighted by Crippen LogP contribution is -2.53. The van der Waals surface area contributed by atoms with E-state index in [1.165, 1.54) is 25.7 Å². The molecule has 0 spiro atoms. The van der Waals surface area contributed by atoms with Crippen molar-refractivity contribution in [3.05, 3.63) is 0 Å². The van der Waals surface area contributed by atoms with E-state index < -0.39 is 0 Å². The predicted octanol–water partition coefficient (Wildman–Crippen LogP) is 1.61. The molecule has 0 saturated heterocycles. The van der Waals surface area contributed by atoms with Crippen LogP contribution < -0.4 is 5.73 Å². The molecule has 3 unspecified atom stereocenters. The Bertz CT molecular complexity index is 175. The van der Waals surface area contributed by atoms with E-state index in [2.05, 4.69) is 18.7 Å². The van der Waals surface area contributed by atoms with E-state index >= 15 is 0 Å². The Morgan fingerprint density at radius 1 is 1.40 bits per heavy atom. The van der Waals surface area contributed by atoms with Crippen molar-refractivity contribution in [2.45, 2.75) is 57.7 Å². The first kappa shape index (κ1) is 12.9. The predicted molar refractivity (Wildman–Crippen MR) is 63.9 cm³/mol. The molecule has 0 heterocycles. The fourth-order valence-electron chi connectivity index (χ4n) is 2.76. The van der Waals surface area contributed by atoms with Gasteiger partial charge in [-0.1, -0.05) is 19.8 Å². The number of ether oxygens (including phenoxy) is 1. The van der Waals surface area contributed by atoms with Gasteiger partial charge >= 0.3 is 0 Å². The molecule has 0 aliphatic heterocycles. The topological polar surface area (TPSA) is 38.5 Å². The number of methoxy groups -OCH3 is 1. The lowest BCUT2D eigenvalue weighted by molar-refractivity contribution is 0.0514. The van der Waals surface area contributed by atoms with Gasteiger partial charge in [-0.3, -0.25) is 4.90 Å². The molecule has 1 fully saturated rings. The van der Waals surface area contributed by atoms with Gasteiger partial charge in [0.2, 0.25) is 0 Å². The zero-order valence-corrected chi connectivity index (χ0v) is 10.4. The Morgan fingerprint density at radius 2 is 2.07 bits per heavy atom. The van der Waals surface area contributed by atoms with E-state index in [1.54, 1.807) is 7.11 Å². The molecule has 3 nitrogen and oxygen atoms in total. The minimum Gasteiger partial charge on any atom is -0.383 e. The largest absolute Gasteiger partial charge is 0.383 e. The number of nitrogens with two attached hydrogens (primary N) is 1. The fraction of sp³-hybridized carbons (Fsp3) is 1.00. The van der Waals surface area contributed by atoms with Crippen molar-refractivity contribution in [1.82, 2.24) is 4.90 Å². The highest BCUT2D eigenvalue weighted by Crippen LogP contribution is 2.23. The summed E-state index contributed by atoms with van der Waals surface area (Å²) in [4.78, 5) is 2.51. The molecule has 1 rings (SSSR count). The van der Waals surface area contributed by atoms with E-state index in [-0.39, 0.29) is 0 Å². The van der Waals surface area contributed by atoms with Crippen LogP contribution >= 0.6 is 0 Å². The molecule has 1 saturated carbocycles. The summed E-state index contributed by atoms with van der Waals surface area (Å²) in [7, 11) is 1.77. The number of hydrogen-bond acceptors (Lipinski definition) is 3. The maximum atomic E-state index is 6.21. The highest BCUT2D eigenvalue weighted by molar-refractivity contribution is 4.87. The first-order chi connectivity index (χ1) is 7.20. The summed E-state index contributed by atoms with van der Waals surface area (Å²) in [6, 6.07) is 1.40. The lowest BCUT2D eigenvalue weighted by atomic mass is 9.89. The molecular formula is C12H26N2O. The second-order valence-electron chi connectivity index (χ2n) is 4.65. The Balaban J connectivity index is 2.54. The standard InChI is InChI=1S/C12H26N2O/c1-4-14(10(2)9-15-3)12-8-6-5-7-11(12)13/h10-12H,4-9,13H2,1-3H3.